The second-order valence-electron chi connectivity index (χ2n) is 7.49. The zero-order chi connectivity index (χ0) is 27.2. The maximum Gasteiger partial charge on any atom is 0.339 e. The average molecular weight is 524 g/mol. The normalized spacial score (nSPS) is 11.2. The summed E-state index contributed by atoms with van der Waals surface area (Å²) in [5.74, 6) is -0.983. The first-order valence-electron chi connectivity index (χ1n) is 10.5. The molecule has 0 aromatic heterocycles. The van der Waals surface area contributed by atoms with Gasteiger partial charge >= 0.3 is 10.1 Å². The highest BCUT2D eigenvalue weighted by Gasteiger charge is 2.23. The number of benzene rings is 3. The zero-order valence-electron chi connectivity index (χ0n) is 19.9. The number of ether oxygens (including phenoxy) is 2. The minimum Gasteiger partial charge on any atom is -0.495 e. The molecule has 0 saturated heterocycles. The second-order valence-corrected chi connectivity index (χ2v) is 9.04. The topological polar surface area (TPSA) is 158 Å². The van der Waals surface area contributed by atoms with Crippen molar-refractivity contribution in [2.75, 3.05) is 19.5 Å². The van der Waals surface area contributed by atoms with Crippen LogP contribution in [0.3, 0.4) is 0 Å². The zero-order valence-corrected chi connectivity index (χ0v) is 20.7. The number of nitro groups is 1. The number of methoxy groups -OCH3 is 2. The Kier molecular flexibility index (Phi) is 8.11. The predicted octanol–water partition coefficient (Wildman–Crippen LogP) is 4.23. The van der Waals surface area contributed by atoms with E-state index in [9.17, 15) is 28.6 Å². The molecule has 1 N–H and O–H groups in total. The Morgan fingerprint density at radius 3 is 2.32 bits per heavy atom. The lowest BCUT2D eigenvalue weighted by Crippen LogP contribution is -2.15. The van der Waals surface area contributed by atoms with Gasteiger partial charge in [-0.25, -0.2) is 0 Å². The van der Waals surface area contributed by atoms with E-state index >= 15 is 0 Å². The molecular formula is C25H21N3O8S. The summed E-state index contributed by atoms with van der Waals surface area (Å²) in [6, 6.07) is 15.7. The quantitative estimate of drug-likeness (QED) is 0.142. The molecule has 3 aromatic rings. The summed E-state index contributed by atoms with van der Waals surface area (Å²) in [4.78, 5) is 23.2. The summed E-state index contributed by atoms with van der Waals surface area (Å²) in [5, 5.41) is 23.2. The molecule has 0 heterocycles. The van der Waals surface area contributed by atoms with E-state index in [0.29, 0.717) is 0 Å². The standard InChI is InChI=1S/C25H21N3O8S/c1-16-7-10-20(11-8-16)37(32,33)36-24-17(5-4-6-23(24)35-3)13-18(15-26)25(29)27-21-14-19(28(30)31)9-12-22(21)34-2/h4-14H,1-3H3,(H,27,29)/b18-13+. The smallest absolute Gasteiger partial charge is 0.339 e. The molecule has 0 spiro atoms. The van der Waals surface area contributed by atoms with E-state index < -0.39 is 26.5 Å². The second kappa shape index (κ2) is 11.2. The number of amides is 1. The summed E-state index contributed by atoms with van der Waals surface area (Å²) >= 11 is 0. The molecule has 1 amide bonds. The van der Waals surface area contributed by atoms with E-state index in [0.717, 1.165) is 17.7 Å². The lowest BCUT2D eigenvalue weighted by Gasteiger charge is -2.14. The Hall–Kier alpha value is -4.89. The molecule has 3 rings (SSSR count). The Bertz CT molecular complexity index is 1520. The molecular weight excluding hydrogens is 502 g/mol. The van der Waals surface area contributed by atoms with Gasteiger partial charge < -0.3 is 19.0 Å². The number of hydrogen-bond acceptors (Lipinski definition) is 9. The average Bonchev–Trinajstić information content (AvgIpc) is 2.87. The van der Waals surface area contributed by atoms with Crippen LogP contribution in [0.4, 0.5) is 11.4 Å². The Morgan fingerprint density at radius 1 is 1.05 bits per heavy atom. The number of nitrogens with one attached hydrogen (secondary N) is 1. The van der Waals surface area contributed by atoms with E-state index in [1.165, 1.54) is 56.7 Å². The third kappa shape index (κ3) is 6.22. The third-order valence-corrected chi connectivity index (χ3v) is 6.27. The van der Waals surface area contributed by atoms with Crippen molar-refractivity contribution in [3.63, 3.8) is 0 Å². The monoisotopic (exact) mass is 523 g/mol. The summed E-state index contributed by atoms with van der Waals surface area (Å²) in [5.41, 5.74) is 0.132. The van der Waals surface area contributed by atoms with Gasteiger partial charge in [0.15, 0.2) is 11.5 Å². The Morgan fingerprint density at radius 2 is 1.73 bits per heavy atom. The first-order valence-corrected chi connectivity index (χ1v) is 11.9. The van der Waals surface area contributed by atoms with Crippen molar-refractivity contribution in [3.8, 4) is 23.3 Å². The summed E-state index contributed by atoms with van der Waals surface area (Å²) < 4.78 is 41.6. The molecule has 0 unspecified atom stereocenters. The van der Waals surface area contributed by atoms with Crippen LogP contribution in [0.25, 0.3) is 6.08 Å². The van der Waals surface area contributed by atoms with Crippen LogP contribution in [0.5, 0.6) is 17.2 Å². The third-order valence-electron chi connectivity index (χ3n) is 5.04. The van der Waals surface area contributed by atoms with Crippen molar-refractivity contribution in [1.82, 2.24) is 0 Å². The molecule has 0 bridgehead atoms. The van der Waals surface area contributed by atoms with E-state index in [1.54, 1.807) is 25.1 Å². The van der Waals surface area contributed by atoms with E-state index in [2.05, 4.69) is 5.32 Å². The van der Waals surface area contributed by atoms with Crippen LogP contribution < -0.4 is 19.0 Å². The van der Waals surface area contributed by atoms with Gasteiger partial charge in [-0.3, -0.25) is 14.9 Å². The fourth-order valence-corrected chi connectivity index (χ4v) is 4.12. The van der Waals surface area contributed by atoms with Crippen LogP contribution >= 0.6 is 0 Å². The van der Waals surface area contributed by atoms with Crippen molar-refractivity contribution in [2.24, 2.45) is 0 Å². The van der Waals surface area contributed by atoms with Gasteiger partial charge in [0.25, 0.3) is 11.6 Å². The number of carbonyl (C=O) groups is 1. The molecule has 11 nitrogen and oxygen atoms in total. The van der Waals surface area contributed by atoms with E-state index in [-0.39, 0.29) is 39.1 Å². The first-order chi connectivity index (χ1) is 17.6. The van der Waals surface area contributed by atoms with Crippen LogP contribution in [0.2, 0.25) is 0 Å². The fourth-order valence-electron chi connectivity index (χ4n) is 3.16. The fraction of sp³-hybridized carbons (Fsp3) is 0.120. The van der Waals surface area contributed by atoms with Gasteiger partial charge in [0.05, 0.1) is 24.8 Å². The number of nitro benzene ring substituents is 1. The van der Waals surface area contributed by atoms with Crippen molar-refractivity contribution in [3.05, 3.63) is 87.5 Å². The molecule has 12 heteroatoms. The molecule has 0 atom stereocenters. The maximum atomic E-state index is 12.9. The molecule has 0 saturated carbocycles. The number of carbonyl (C=O) groups excluding carboxylic acids is 1. The largest absolute Gasteiger partial charge is 0.495 e. The highest BCUT2D eigenvalue weighted by atomic mass is 32.2. The van der Waals surface area contributed by atoms with Gasteiger partial charge in [-0.15, -0.1) is 0 Å². The van der Waals surface area contributed by atoms with E-state index in [4.69, 9.17) is 13.7 Å². The molecule has 0 radical (unpaired) electrons. The molecule has 0 fully saturated rings. The summed E-state index contributed by atoms with van der Waals surface area (Å²) in [7, 11) is -1.67. The van der Waals surface area contributed by atoms with Gasteiger partial charge in [0.1, 0.15) is 22.3 Å². The lowest BCUT2D eigenvalue weighted by molar-refractivity contribution is -0.384. The lowest BCUT2D eigenvalue weighted by atomic mass is 10.1. The number of nitrogens with zero attached hydrogens (tertiary/aromatic N) is 2. The molecule has 0 aliphatic carbocycles. The van der Waals surface area contributed by atoms with Crippen molar-refractivity contribution < 1.29 is 31.8 Å². The Labute approximate surface area is 212 Å². The number of anilines is 1. The Balaban J connectivity index is 2.01. The predicted molar refractivity (Wildman–Crippen MR) is 134 cm³/mol. The molecule has 37 heavy (non-hydrogen) atoms. The number of rotatable bonds is 9. The highest BCUT2D eigenvalue weighted by molar-refractivity contribution is 7.87. The van der Waals surface area contributed by atoms with Gasteiger partial charge in [0.2, 0.25) is 0 Å². The number of aryl methyl sites for hydroxylation is 1. The number of para-hydroxylation sites is 1. The van der Waals surface area contributed by atoms with Crippen molar-refractivity contribution in [2.45, 2.75) is 11.8 Å². The van der Waals surface area contributed by atoms with Crippen LogP contribution in [-0.4, -0.2) is 33.5 Å². The number of non-ortho nitro benzene ring substituents is 1. The van der Waals surface area contributed by atoms with E-state index in [1.807, 2.05) is 0 Å². The maximum absolute atomic E-state index is 12.9. The van der Waals surface area contributed by atoms with Crippen LogP contribution in [0, 0.1) is 28.4 Å². The minimum absolute atomic E-state index is 0.0353. The number of nitriles is 1. The van der Waals surface area contributed by atoms with Gasteiger partial charge in [-0.2, -0.15) is 13.7 Å². The van der Waals surface area contributed by atoms with Gasteiger partial charge in [-0.05, 0) is 37.3 Å². The van der Waals surface area contributed by atoms with Crippen molar-refractivity contribution >= 4 is 33.5 Å². The number of hydrogen-bond donors (Lipinski definition) is 1. The van der Waals surface area contributed by atoms with Crippen molar-refractivity contribution in [1.29, 1.82) is 5.26 Å². The van der Waals surface area contributed by atoms with Crippen LogP contribution in [0.15, 0.2) is 71.1 Å². The van der Waals surface area contributed by atoms with Gasteiger partial charge in [-0.1, -0.05) is 29.8 Å². The molecule has 3 aromatic carbocycles. The minimum atomic E-state index is -4.29. The summed E-state index contributed by atoms with van der Waals surface area (Å²) in [6.45, 7) is 1.80. The molecule has 190 valence electrons. The molecule has 0 aliphatic heterocycles. The van der Waals surface area contributed by atoms with Gasteiger partial charge in [0, 0.05) is 17.7 Å². The first kappa shape index (κ1) is 26.7. The summed E-state index contributed by atoms with van der Waals surface area (Å²) in [6.07, 6.45) is 1.11. The van der Waals surface area contributed by atoms with Crippen LogP contribution in [-0.2, 0) is 14.9 Å². The molecule has 0 aliphatic rings. The van der Waals surface area contributed by atoms with Crippen LogP contribution in [0.1, 0.15) is 11.1 Å². The SMILES string of the molecule is COc1ccc([N+](=O)[O-])cc1NC(=O)/C(C#N)=C/c1cccc(OC)c1OS(=O)(=O)c1ccc(C)cc1. The highest BCUT2D eigenvalue weighted by Crippen LogP contribution is 2.35.